The van der Waals surface area contributed by atoms with Crippen molar-refractivity contribution >= 4 is 29.4 Å². The van der Waals surface area contributed by atoms with Gasteiger partial charge in [0.25, 0.3) is 5.91 Å². The topological polar surface area (TPSA) is 80.2 Å². The highest BCUT2D eigenvalue weighted by atomic mass is 19.1. The lowest BCUT2D eigenvalue weighted by molar-refractivity contribution is -0.116. The molecule has 32 heavy (non-hydrogen) atoms. The van der Waals surface area contributed by atoms with Crippen molar-refractivity contribution in [2.45, 2.75) is 38.6 Å². The Hall–Kier alpha value is -3.42. The van der Waals surface area contributed by atoms with Crippen molar-refractivity contribution in [2.24, 2.45) is 4.99 Å². The number of fused-ring (bicyclic) bond motifs is 2. The number of amides is 2. The Labute approximate surface area is 186 Å². The van der Waals surface area contributed by atoms with Crippen LogP contribution in [0.5, 0.6) is 11.5 Å². The zero-order valence-corrected chi connectivity index (χ0v) is 18.2. The van der Waals surface area contributed by atoms with Crippen LogP contribution >= 0.6 is 0 Å². The summed E-state index contributed by atoms with van der Waals surface area (Å²) in [6.45, 7) is 2.67. The third-order valence-electron chi connectivity index (χ3n) is 5.71. The number of rotatable bonds is 7. The molecule has 2 aromatic rings. The maximum Gasteiger partial charge on any atom is 0.256 e. The molecule has 0 aliphatic carbocycles. The van der Waals surface area contributed by atoms with Gasteiger partial charge in [0.1, 0.15) is 5.82 Å². The Morgan fingerprint density at radius 2 is 2.12 bits per heavy atom. The van der Waals surface area contributed by atoms with E-state index < -0.39 is 0 Å². The van der Waals surface area contributed by atoms with Crippen molar-refractivity contribution < 1.29 is 23.5 Å². The molecule has 1 fully saturated rings. The number of hydrogen-bond acceptors (Lipinski definition) is 5. The number of nitrogens with one attached hydrogen (secondary N) is 1. The first kappa shape index (κ1) is 21.8. The molecule has 0 aromatic heterocycles. The van der Waals surface area contributed by atoms with Gasteiger partial charge in [0.2, 0.25) is 5.91 Å². The zero-order valence-electron chi connectivity index (χ0n) is 18.2. The minimum atomic E-state index is -0.308. The monoisotopic (exact) mass is 439 g/mol. The molecule has 0 bridgehead atoms. The molecule has 168 valence electrons. The van der Waals surface area contributed by atoms with Crippen LogP contribution in [0, 0.1) is 12.7 Å². The molecular formula is C24H26FN3O4. The van der Waals surface area contributed by atoms with Gasteiger partial charge in [-0.25, -0.2) is 4.39 Å². The third kappa shape index (κ3) is 4.59. The third-order valence-corrected chi connectivity index (χ3v) is 5.71. The number of hydrogen-bond donors (Lipinski definition) is 1. The van der Waals surface area contributed by atoms with E-state index in [9.17, 15) is 14.0 Å². The number of carbonyl (C=O) groups is 2. The van der Waals surface area contributed by atoms with Crippen molar-refractivity contribution in [3.63, 3.8) is 0 Å². The maximum absolute atomic E-state index is 13.3. The van der Waals surface area contributed by atoms with Gasteiger partial charge < -0.3 is 19.7 Å². The fourth-order valence-electron chi connectivity index (χ4n) is 3.98. The van der Waals surface area contributed by atoms with Crippen molar-refractivity contribution in [2.75, 3.05) is 25.6 Å². The Morgan fingerprint density at radius 1 is 1.28 bits per heavy atom. The van der Waals surface area contributed by atoms with Crippen LogP contribution in [-0.4, -0.2) is 49.2 Å². The number of benzene rings is 2. The van der Waals surface area contributed by atoms with Gasteiger partial charge in [-0.2, -0.15) is 0 Å². The number of aryl methyl sites for hydroxylation is 1. The van der Waals surface area contributed by atoms with Crippen molar-refractivity contribution in [1.82, 2.24) is 4.90 Å². The first-order valence-corrected chi connectivity index (χ1v) is 10.7. The van der Waals surface area contributed by atoms with Crippen molar-refractivity contribution in [1.29, 1.82) is 0 Å². The Kier molecular flexibility index (Phi) is 6.39. The molecule has 2 heterocycles. The summed E-state index contributed by atoms with van der Waals surface area (Å²) in [5.41, 5.74) is 2.10. The normalized spacial score (nSPS) is 16.9. The molecule has 2 aromatic carbocycles. The van der Waals surface area contributed by atoms with Crippen LogP contribution in [0.15, 0.2) is 35.3 Å². The van der Waals surface area contributed by atoms with E-state index in [1.165, 1.54) is 19.2 Å². The van der Waals surface area contributed by atoms with E-state index >= 15 is 0 Å². The molecule has 1 saturated heterocycles. The number of nitrogens with zero attached hydrogens (tertiary/aromatic N) is 2. The highest BCUT2D eigenvalue weighted by molar-refractivity contribution is 6.03. The summed E-state index contributed by atoms with van der Waals surface area (Å²) in [6, 6.07) is 7.88. The minimum Gasteiger partial charge on any atom is -0.493 e. The molecule has 1 N–H and O–H groups in total. The van der Waals surface area contributed by atoms with Crippen molar-refractivity contribution in [3.8, 4) is 11.5 Å². The Bertz CT molecular complexity index is 1070. The van der Waals surface area contributed by atoms with Gasteiger partial charge in [-0.15, -0.1) is 0 Å². The second-order valence-corrected chi connectivity index (χ2v) is 7.97. The largest absolute Gasteiger partial charge is 0.493 e. The van der Waals surface area contributed by atoms with Crippen molar-refractivity contribution in [3.05, 3.63) is 47.3 Å². The fourth-order valence-corrected chi connectivity index (χ4v) is 3.98. The van der Waals surface area contributed by atoms with Gasteiger partial charge in [-0.05, 0) is 56.0 Å². The van der Waals surface area contributed by atoms with Gasteiger partial charge >= 0.3 is 0 Å². The van der Waals surface area contributed by atoms with E-state index in [0.29, 0.717) is 40.4 Å². The number of aliphatic imine (C=N–C) groups is 1. The SMILES string of the molecule is COc1cc2c(cc1OCCCC(=O)Nc1ccc(F)c(C)c1)N=C[C@@H]1CCCN1C2=O. The van der Waals surface area contributed by atoms with Gasteiger partial charge in [0, 0.05) is 30.9 Å². The van der Waals surface area contributed by atoms with Crippen LogP contribution in [-0.2, 0) is 4.79 Å². The summed E-state index contributed by atoms with van der Waals surface area (Å²) < 4.78 is 24.6. The molecular weight excluding hydrogens is 413 g/mol. The molecule has 2 amide bonds. The Morgan fingerprint density at radius 3 is 2.91 bits per heavy atom. The van der Waals surface area contributed by atoms with E-state index in [4.69, 9.17) is 9.47 Å². The van der Waals surface area contributed by atoms with Crippen LogP contribution in [0.4, 0.5) is 15.8 Å². The molecule has 4 rings (SSSR count). The second kappa shape index (κ2) is 9.38. The minimum absolute atomic E-state index is 0.0358. The van der Waals surface area contributed by atoms with Crippen LogP contribution < -0.4 is 14.8 Å². The average Bonchev–Trinajstić information content (AvgIpc) is 3.21. The zero-order chi connectivity index (χ0) is 22.7. The predicted molar refractivity (Wildman–Crippen MR) is 120 cm³/mol. The lowest BCUT2D eigenvalue weighted by Gasteiger charge is -2.20. The molecule has 7 nitrogen and oxygen atoms in total. The number of anilines is 1. The summed E-state index contributed by atoms with van der Waals surface area (Å²) in [4.78, 5) is 31.4. The summed E-state index contributed by atoms with van der Waals surface area (Å²) in [6.07, 6.45) is 4.45. The Balaban J connectivity index is 1.36. The van der Waals surface area contributed by atoms with E-state index in [1.807, 2.05) is 11.1 Å². The average molecular weight is 439 g/mol. The quantitative estimate of drug-likeness (QED) is 0.654. The lowest BCUT2D eigenvalue weighted by atomic mass is 10.1. The molecule has 0 radical (unpaired) electrons. The highest BCUT2D eigenvalue weighted by Gasteiger charge is 2.32. The first-order valence-electron chi connectivity index (χ1n) is 10.7. The summed E-state index contributed by atoms with van der Waals surface area (Å²) in [5.74, 6) is 0.406. The molecule has 0 unspecified atom stereocenters. The number of ether oxygens (including phenoxy) is 2. The van der Waals surface area contributed by atoms with E-state index in [1.54, 1.807) is 25.1 Å². The predicted octanol–water partition coefficient (Wildman–Crippen LogP) is 4.26. The maximum atomic E-state index is 13.3. The highest BCUT2D eigenvalue weighted by Crippen LogP contribution is 2.38. The van der Waals surface area contributed by atoms with Gasteiger partial charge in [0.15, 0.2) is 11.5 Å². The standard InChI is InChI=1S/C24H26FN3O4/c1-15-11-16(7-8-19(15)25)27-23(29)6-4-10-32-22-13-20-18(12-21(22)31-2)24(30)28-9-3-5-17(28)14-26-20/h7-8,11-14,17H,3-6,9-10H2,1-2H3,(H,27,29)/t17-/m0/s1. The van der Waals surface area contributed by atoms with Gasteiger partial charge in [-0.1, -0.05) is 0 Å². The molecule has 8 heteroatoms. The molecule has 0 spiro atoms. The molecule has 1 atom stereocenters. The fraction of sp³-hybridized carbons (Fsp3) is 0.375. The molecule has 0 saturated carbocycles. The van der Waals surface area contributed by atoms with Crippen LogP contribution in [0.25, 0.3) is 0 Å². The molecule has 2 aliphatic rings. The van der Waals surface area contributed by atoms with Gasteiger partial charge in [-0.3, -0.25) is 14.6 Å². The van der Waals surface area contributed by atoms with E-state index in [-0.39, 0.29) is 36.7 Å². The number of methoxy groups -OCH3 is 1. The summed E-state index contributed by atoms with van der Waals surface area (Å²) in [5, 5.41) is 2.76. The first-order chi connectivity index (χ1) is 15.5. The summed E-state index contributed by atoms with van der Waals surface area (Å²) in [7, 11) is 1.52. The lowest BCUT2D eigenvalue weighted by Crippen LogP contribution is -2.35. The van der Waals surface area contributed by atoms with Gasteiger partial charge in [0.05, 0.1) is 31.0 Å². The number of halogens is 1. The smallest absolute Gasteiger partial charge is 0.256 e. The number of carbonyl (C=O) groups excluding carboxylic acids is 2. The van der Waals surface area contributed by atoms with Crippen LogP contribution in [0.3, 0.4) is 0 Å². The van der Waals surface area contributed by atoms with E-state index in [2.05, 4.69) is 10.3 Å². The van der Waals surface area contributed by atoms with Crippen LogP contribution in [0.1, 0.15) is 41.6 Å². The van der Waals surface area contributed by atoms with Crippen LogP contribution in [0.2, 0.25) is 0 Å². The second-order valence-electron chi connectivity index (χ2n) is 7.97. The van der Waals surface area contributed by atoms with E-state index in [0.717, 1.165) is 19.4 Å². The summed E-state index contributed by atoms with van der Waals surface area (Å²) >= 11 is 0. The molecule has 2 aliphatic heterocycles.